The Labute approximate surface area is 192 Å². The standard InChI is InChI=1S/C26H29F3N2O2/c1-16(30-25(32)19-6-7-19)18-4-2-17(3-5-18)12-31-13-20-8-9-22(10-23(20)24(27)14-31)33-15-21-11-26(21,28)29/h2-5,8-10,16,19,21,24H,6-7,11-15H2,1H3,(H,30,32)/t16-,21?,24?/m0/s1. The average Bonchev–Trinajstić information content (AvgIpc) is 3.70. The maximum absolute atomic E-state index is 14.9. The largest absolute Gasteiger partial charge is 0.493 e. The van der Waals surface area contributed by atoms with Crippen LogP contribution in [0.5, 0.6) is 5.75 Å². The molecule has 0 aromatic heterocycles. The fourth-order valence-electron chi connectivity index (χ4n) is 4.43. The molecule has 0 radical (unpaired) electrons. The van der Waals surface area contributed by atoms with Crippen molar-refractivity contribution in [3.05, 3.63) is 64.7 Å². The van der Waals surface area contributed by atoms with E-state index in [0.717, 1.165) is 29.5 Å². The number of benzene rings is 2. The van der Waals surface area contributed by atoms with Crippen LogP contribution < -0.4 is 10.1 Å². The van der Waals surface area contributed by atoms with Gasteiger partial charge in [0.25, 0.3) is 5.92 Å². The highest BCUT2D eigenvalue weighted by molar-refractivity contribution is 5.81. The summed E-state index contributed by atoms with van der Waals surface area (Å²) in [4.78, 5) is 14.0. The highest BCUT2D eigenvalue weighted by Gasteiger charge is 2.57. The van der Waals surface area contributed by atoms with Crippen LogP contribution >= 0.6 is 0 Å². The van der Waals surface area contributed by atoms with Gasteiger partial charge in [0, 0.05) is 32.0 Å². The number of amides is 1. The van der Waals surface area contributed by atoms with Gasteiger partial charge in [0.05, 0.1) is 18.6 Å². The minimum Gasteiger partial charge on any atom is -0.493 e. The zero-order valence-electron chi connectivity index (χ0n) is 18.7. The van der Waals surface area contributed by atoms with Crippen LogP contribution in [0.3, 0.4) is 0 Å². The lowest BCUT2D eigenvalue weighted by atomic mass is 9.97. The third kappa shape index (κ3) is 5.18. The van der Waals surface area contributed by atoms with E-state index in [4.69, 9.17) is 4.74 Å². The molecule has 2 saturated carbocycles. The van der Waals surface area contributed by atoms with Crippen LogP contribution in [0.4, 0.5) is 13.2 Å². The molecule has 2 aliphatic carbocycles. The Morgan fingerprint density at radius 1 is 1.21 bits per heavy atom. The van der Waals surface area contributed by atoms with E-state index < -0.39 is 18.0 Å². The molecule has 2 fully saturated rings. The summed E-state index contributed by atoms with van der Waals surface area (Å²) in [6, 6.07) is 13.3. The van der Waals surface area contributed by atoms with Crippen LogP contribution in [0.1, 0.15) is 60.7 Å². The van der Waals surface area contributed by atoms with Gasteiger partial charge in [-0.2, -0.15) is 0 Å². The topological polar surface area (TPSA) is 41.6 Å². The van der Waals surface area contributed by atoms with E-state index in [1.807, 2.05) is 37.3 Å². The highest BCUT2D eigenvalue weighted by atomic mass is 19.3. The van der Waals surface area contributed by atoms with Crippen molar-refractivity contribution in [2.24, 2.45) is 11.8 Å². The molecule has 33 heavy (non-hydrogen) atoms. The van der Waals surface area contributed by atoms with Crippen molar-refractivity contribution < 1.29 is 22.7 Å². The van der Waals surface area contributed by atoms with Crippen molar-refractivity contribution in [2.45, 2.75) is 57.4 Å². The van der Waals surface area contributed by atoms with Gasteiger partial charge in [0.15, 0.2) is 0 Å². The maximum Gasteiger partial charge on any atom is 0.255 e. The number of alkyl halides is 3. The van der Waals surface area contributed by atoms with Crippen molar-refractivity contribution in [2.75, 3.05) is 13.2 Å². The van der Waals surface area contributed by atoms with Crippen LogP contribution in [-0.2, 0) is 17.9 Å². The number of rotatable bonds is 8. The fourth-order valence-corrected chi connectivity index (χ4v) is 4.43. The number of hydrogen-bond acceptors (Lipinski definition) is 3. The average molecular weight is 459 g/mol. The Balaban J connectivity index is 1.17. The Hall–Kier alpha value is -2.54. The SMILES string of the molecule is C[C@H](NC(=O)C1CC1)c1ccc(CN2Cc3ccc(OCC4CC4(F)F)cc3C(F)C2)cc1. The summed E-state index contributed by atoms with van der Waals surface area (Å²) in [6.07, 6.45) is 0.684. The number of nitrogens with zero attached hydrogens (tertiary/aromatic N) is 1. The van der Waals surface area contributed by atoms with Crippen LogP contribution in [0, 0.1) is 11.8 Å². The number of carbonyl (C=O) groups is 1. The molecule has 1 amide bonds. The first kappa shape index (κ1) is 22.3. The zero-order chi connectivity index (χ0) is 23.2. The Morgan fingerprint density at radius 3 is 2.61 bits per heavy atom. The second-order valence-corrected chi connectivity index (χ2v) is 9.72. The minimum absolute atomic E-state index is 0.0340. The van der Waals surface area contributed by atoms with Crippen molar-refractivity contribution in [3.8, 4) is 5.75 Å². The van der Waals surface area contributed by atoms with Crippen molar-refractivity contribution in [3.63, 3.8) is 0 Å². The summed E-state index contributed by atoms with van der Waals surface area (Å²) < 4.78 is 46.5. The summed E-state index contributed by atoms with van der Waals surface area (Å²) >= 11 is 0. The van der Waals surface area contributed by atoms with Gasteiger partial charge in [0.2, 0.25) is 5.91 Å². The normalized spacial score (nSPS) is 24.6. The van der Waals surface area contributed by atoms with Crippen molar-refractivity contribution in [1.29, 1.82) is 0 Å². The number of hydrogen-bond donors (Lipinski definition) is 1. The van der Waals surface area contributed by atoms with Gasteiger partial charge in [-0.1, -0.05) is 30.3 Å². The van der Waals surface area contributed by atoms with Crippen molar-refractivity contribution in [1.82, 2.24) is 10.2 Å². The molecule has 1 heterocycles. The first-order chi connectivity index (χ1) is 15.8. The molecule has 0 saturated heterocycles. The molecule has 0 spiro atoms. The molecule has 1 N–H and O–H groups in total. The van der Waals surface area contributed by atoms with E-state index in [1.165, 1.54) is 0 Å². The molecular weight excluding hydrogens is 429 g/mol. The maximum atomic E-state index is 14.9. The predicted molar refractivity (Wildman–Crippen MR) is 119 cm³/mol. The smallest absolute Gasteiger partial charge is 0.255 e. The van der Waals surface area contributed by atoms with Gasteiger partial charge in [-0.3, -0.25) is 9.69 Å². The van der Waals surface area contributed by atoms with E-state index in [9.17, 15) is 18.0 Å². The van der Waals surface area contributed by atoms with E-state index in [-0.39, 0.29) is 37.4 Å². The molecule has 4 nitrogen and oxygen atoms in total. The van der Waals surface area contributed by atoms with Gasteiger partial charge >= 0.3 is 0 Å². The molecule has 2 unspecified atom stereocenters. The first-order valence-corrected chi connectivity index (χ1v) is 11.7. The van der Waals surface area contributed by atoms with Crippen LogP contribution in [0.2, 0.25) is 0 Å². The van der Waals surface area contributed by atoms with Crippen LogP contribution in [-0.4, -0.2) is 29.9 Å². The number of carbonyl (C=O) groups excluding carboxylic acids is 1. The van der Waals surface area contributed by atoms with E-state index in [0.29, 0.717) is 24.4 Å². The number of ether oxygens (including phenoxy) is 1. The monoisotopic (exact) mass is 458 g/mol. The minimum atomic E-state index is -2.61. The van der Waals surface area contributed by atoms with Gasteiger partial charge in [-0.05, 0) is 54.2 Å². The summed E-state index contributed by atoms with van der Waals surface area (Å²) in [5.41, 5.74) is 3.62. The lowest BCUT2D eigenvalue weighted by molar-refractivity contribution is -0.122. The summed E-state index contributed by atoms with van der Waals surface area (Å²) in [5.74, 6) is -2.57. The number of halogens is 3. The number of nitrogens with one attached hydrogen (secondary N) is 1. The van der Waals surface area contributed by atoms with Gasteiger partial charge in [-0.15, -0.1) is 0 Å². The van der Waals surface area contributed by atoms with E-state index in [2.05, 4.69) is 10.2 Å². The molecule has 3 atom stereocenters. The lowest BCUT2D eigenvalue weighted by Crippen LogP contribution is -2.31. The molecule has 2 aromatic carbocycles. The van der Waals surface area contributed by atoms with E-state index >= 15 is 0 Å². The van der Waals surface area contributed by atoms with Crippen LogP contribution in [0.15, 0.2) is 42.5 Å². The quantitative estimate of drug-likeness (QED) is 0.581. The molecule has 2 aromatic rings. The third-order valence-electron chi connectivity index (χ3n) is 6.87. The Kier molecular flexibility index (Phi) is 5.85. The Bertz CT molecular complexity index is 1020. The molecule has 3 aliphatic rings. The van der Waals surface area contributed by atoms with E-state index in [1.54, 1.807) is 12.1 Å². The van der Waals surface area contributed by atoms with Gasteiger partial charge in [0.1, 0.15) is 11.9 Å². The van der Waals surface area contributed by atoms with Crippen LogP contribution in [0.25, 0.3) is 0 Å². The predicted octanol–water partition coefficient (Wildman–Crippen LogP) is 5.33. The first-order valence-electron chi connectivity index (χ1n) is 11.7. The second kappa shape index (κ2) is 8.67. The fraction of sp³-hybridized carbons (Fsp3) is 0.500. The van der Waals surface area contributed by atoms with Gasteiger partial charge < -0.3 is 10.1 Å². The van der Waals surface area contributed by atoms with Gasteiger partial charge in [-0.25, -0.2) is 13.2 Å². The molecule has 7 heteroatoms. The summed E-state index contributed by atoms with van der Waals surface area (Å²) in [5, 5.41) is 3.06. The highest BCUT2D eigenvalue weighted by Crippen LogP contribution is 2.48. The second-order valence-electron chi connectivity index (χ2n) is 9.72. The van der Waals surface area contributed by atoms with Crippen molar-refractivity contribution >= 4 is 5.91 Å². The molecule has 1 aliphatic heterocycles. The molecule has 5 rings (SSSR count). The molecule has 0 bridgehead atoms. The lowest BCUT2D eigenvalue weighted by Gasteiger charge is -2.31. The summed E-state index contributed by atoms with van der Waals surface area (Å²) in [7, 11) is 0. The number of fused-ring (bicyclic) bond motifs is 1. The summed E-state index contributed by atoms with van der Waals surface area (Å²) in [6.45, 7) is 3.46. The molecular formula is C26H29F3N2O2. The molecule has 176 valence electrons. The zero-order valence-corrected chi connectivity index (χ0v) is 18.7. The third-order valence-corrected chi connectivity index (χ3v) is 6.87. The Morgan fingerprint density at radius 2 is 1.94 bits per heavy atom.